The molecule has 1 aliphatic carbocycles. The summed E-state index contributed by atoms with van der Waals surface area (Å²) in [6, 6.07) is 16.4. The van der Waals surface area contributed by atoms with E-state index in [0.717, 1.165) is 25.7 Å². The maximum absolute atomic E-state index is 13.0. The zero-order chi connectivity index (χ0) is 25.0. The lowest BCUT2D eigenvalue weighted by atomic mass is 9.83. The normalized spacial score (nSPS) is 18.5. The molecule has 0 bridgehead atoms. The molecule has 1 saturated carbocycles. The average Bonchev–Trinajstić information content (AvgIpc) is 2.85. The molecule has 10 heteroatoms. The van der Waals surface area contributed by atoms with Crippen LogP contribution in [0.25, 0.3) is 0 Å². The Kier molecular flexibility index (Phi) is 11.0. The third-order valence-corrected chi connectivity index (χ3v) is 6.68. The van der Waals surface area contributed by atoms with E-state index in [9.17, 15) is 13.8 Å². The quantitative estimate of drug-likeness (QED) is 0.412. The lowest BCUT2D eigenvalue weighted by molar-refractivity contribution is -0.126. The molecule has 0 aromatic heterocycles. The van der Waals surface area contributed by atoms with Crippen molar-refractivity contribution in [3.63, 3.8) is 0 Å². The number of benzene rings is 2. The fourth-order valence-corrected chi connectivity index (χ4v) is 4.40. The number of halogens is 1. The van der Waals surface area contributed by atoms with E-state index in [0.29, 0.717) is 35.5 Å². The average molecular weight is 523 g/mol. The molecule has 2 aromatic carbocycles. The number of hydrogen-bond donors (Lipinski definition) is 2. The third-order valence-electron chi connectivity index (χ3n) is 5.88. The number of anilines is 2. The summed E-state index contributed by atoms with van der Waals surface area (Å²) in [7, 11) is 0. The standard InChI is InChI=1S/C25H31ClN2O6S/c26-21-10-12-23(13-11-21)28(22-4-2-1-3-5-22)25(30)34-17-20-8-6-19(7-9-20)16-33-18-24(29)27-14-15-35(31)32/h1-5,10-13,19-20H,6-9,14-18H2,(H,27,29)(H,31,32). The van der Waals surface area contributed by atoms with Crippen LogP contribution in [0.1, 0.15) is 25.7 Å². The van der Waals surface area contributed by atoms with Crippen LogP contribution in [0.2, 0.25) is 5.02 Å². The largest absolute Gasteiger partial charge is 0.449 e. The van der Waals surface area contributed by atoms with Crippen molar-refractivity contribution in [2.75, 3.05) is 37.0 Å². The van der Waals surface area contributed by atoms with Crippen molar-refractivity contribution >= 4 is 46.1 Å². The van der Waals surface area contributed by atoms with Gasteiger partial charge >= 0.3 is 6.09 Å². The summed E-state index contributed by atoms with van der Waals surface area (Å²) >= 11 is 4.09. The van der Waals surface area contributed by atoms with Gasteiger partial charge < -0.3 is 19.3 Å². The lowest BCUT2D eigenvalue weighted by Gasteiger charge is -2.29. The molecular weight excluding hydrogens is 492 g/mol. The van der Waals surface area contributed by atoms with Gasteiger partial charge in [-0.05, 0) is 73.9 Å². The maximum atomic E-state index is 13.0. The summed E-state index contributed by atoms with van der Waals surface area (Å²) in [6.45, 7) is 0.923. The van der Waals surface area contributed by atoms with E-state index >= 15 is 0 Å². The number of amides is 2. The molecule has 2 N–H and O–H groups in total. The van der Waals surface area contributed by atoms with Crippen molar-refractivity contribution < 1.29 is 27.8 Å². The molecule has 2 aromatic rings. The molecule has 3 rings (SSSR count). The first-order chi connectivity index (χ1) is 16.9. The smallest absolute Gasteiger partial charge is 0.418 e. The van der Waals surface area contributed by atoms with Gasteiger partial charge in [0.2, 0.25) is 5.91 Å². The van der Waals surface area contributed by atoms with Gasteiger partial charge in [0, 0.05) is 11.6 Å². The Bertz CT molecular complexity index is 968. The van der Waals surface area contributed by atoms with Gasteiger partial charge in [0.15, 0.2) is 11.1 Å². The number of nitrogens with one attached hydrogen (secondary N) is 1. The molecular formula is C25H31ClN2O6S. The zero-order valence-corrected chi connectivity index (χ0v) is 21.0. The second-order valence-electron chi connectivity index (χ2n) is 8.50. The Hall–Kier alpha value is -2.46. The second-order valence-corrected chi connectivity index (χ2v) is 9.99. The zero-order valence-electron chi connectivity index (χ0n) is 19.4. The van der Waals surface area contributed by atoms with Gasteiger partial charge in [-0.3, -0.25) is 4.79 Å². The predicted octanol–water partition coefficient (Wildman–Crippen LogP) is 4.78. The first-order valence-electron chi connectivity index (χ1n) is 11.6. The van der Waals surface area contributed by atoms with E-state index < -0.39 is 17.2 Å². The van der Waals surface area contributed by atoms with Crippen molar-refractivity contribution in [3.8, 4) is 0 Å². The van der Waals surface area contributed by atoms with E-state index in [1.54, 1.807) is 29.2 Å². The number of hydrogen-bond acceptors (Lipinski definition) is 5. The van der Waals surface area contributed by atoms with E-state index in [1.165, 1.54) is 0 Å². The molecule has 0 spiro atoms. The van der Waals surface area contributed by atoms with Gasteiger partial charge in [-0.1, -0.05) is 29.8 Å². The number of carbonyl (C=O) groups excluding carboxylic acids is 2. The molecule has 1 unspecified atom stereocenters. The van der Waals surface area contributed by atoms with E-state index in [1.807, 2.05) is 30.3 Å². The molecule has 190 valence electrons. The Labute approximate surface area is 213 Å². The highest BCUT2D eigenvalue weighted by Crippen LogP contribution is 2.31. The minimum atomic E-state index is -1.92. The SMILES string of the molecule is O=C(COCC1CCC(COC(=O)N(c2ccccc2)c2ccc(Cl)cc2)CC1)NCCS(=O)O. The minimum Gasteiger partial charge on any atom is -0.449 e. The molecule has 1 atom stereocenters. The molecule has 0 radical (unpaired) electrons. The van der Waals surface area contributed by atoms with Crippen LogP contribution in [0.5, 0.6) is 0 Å². The second kappa shape index (κ2) is 14.2. The summed E-state index contributed by atoms with van der Waals surface area (Å²) in [5.74, 6) is 0.346. The maximum Gasteiger partial charge on any atom is 0.418 e. The molecule has 0 aliphatic heterocycles. The van der Waals surface area contributed by atoms with Crippen LogP contribution in [0.4, 0.5) is 16.2 Å². The molecule has 0 heterocycles. The summed E-state index contributed by atoms with van der Waals surface area (Å²) in [6.07, 6.45) is 3.28. The molecule has 1 fully saturated rings. The Morgan fingerprint density at radius 3 is 2.20 bits per heavy atom. The third kappa shape index (κ3) is 9.25. The van der Waals surface area contributed by atoms with Gasteiger partial charge in [-0.15, -0.1) is 0 Å². The topological polar surface area (TPSA) is 105 Å². The highest BCUT2D eigenvalue weighted by Gasteiger charge is 2.25. The van der Waals surface area contributed by atoms with E-state index in [-0.39, 0.29) is 30.7 Å². The number of ether oxygens (including phenoxy) is 2. The molecule has 0 saturated heterocycles. The summed E-state index contributed by atoms with van der Waals surface area (Å²) < 4.78 is 30.5. The van der Waals surface area contributed by atoms with Crippen molar-refractivity contribution in [2.24, 2.45) is 11.8 Å². The summed E-state index contributed by atoms with van der Waals surface area (Å²) in [5.41, 5.74) is 1.40. The number of carbonyl (C=O) groups is 2. The highest BCUT2D eigenvalue weighted by atomic mass is 35.5. The van der Waals surface area contributed by atoms with Crippen LogP contribution in [-0.4, -0.2) is 52.9 Å². The van der Waals surface area contributed by atoms with Crippen LogP contribution in [0.15, 0.2) is 54.6 Å². The highest BCUT2D eigenvalue weighted by molar-refractivity contribution is 7.79. The number of rotatable bonds is 11. The molecule has 8 nitrogen and oxygen atoms in total. The lowest BCUT2D eigenvalue weighted by Crippen LogP contribution is -2.32. The van der Waals surface area contributed by atoms with Crippen molar-refractivity contribution in [3.05, 3.63) is 59.6 Å². The van der Waals surface area contributed by atoms with E-state index in [4.69, 9.17) is 25.6 Å². The van der Waals surface area contributed by atoms with Crippen LogP contribution >= 0.6 is 11.6 Å². The fraction of sp³-hybridized carbons (Fsp3) is 0.440. The van der Waals surface area contributed by atoms with Gasteiger partial charge in [-0.2, -0.15) is 0 Å². The fourth-order valence-electron chi connectivity index (χ4n) is 3.99. The van der Waals surface area contributed by atoms with E-state index in [2.05, 4.69) is 5.32 Å². The van der Waals surface area contributed by atoms with Crippen molar-refractivity contribution in [1.82, 2.24) is 5.32 Å². The van der Waals surface area contributed by atoms with Gasteiger partial charge in [0.05, 0.1) is 30.3 Å². The molecule has 2 amide bonds. The Morgan fingerprint density at radius 1 is 0.971 bits per heavy atom. The predicted molar refractivity (Wildman–Crippen MR) is 136 cm³/mol. The minimum absolute atomic E-state index is 0.00311. The monoisotopic (exact) mass is 522 g/mol. The van der Waals surface area contributed by atoms with Crippen molar-refractivity contribution in [2.45, 2.75) is 25.7 Å². The van der Waals surface area contributed by atoms with Gasteiger partial charge in [-0.25, -0.2) is 13.9 Å². The number of para-hydroxylation sites is 1. The Morgan fingerprint density at radius 2 is 1.57 bits per heavy atom. The van der Waals surface area contributed by atoms with Gasteiger partial charge in [0.1, 0.15) is 6.61 Å². The first-order valence-corrected chi connectivity index (χ1v) is 13.3. The summed E-state index contributed by atoms with van der Waals surface area (Å²) in [5, 5.41) is 3.14. The molecule has 1 aliphatic rings. The summed E-state index contributed by atoms with van der Waals surface area (Å²) in [4.78, 5) is 26.2. The first kappa shape index (κ1) is 27.1. The Balaban J connectivity index is 1.41. The number of nitrogens with zero attached hydrogens (tertiary/aromatic N) is 1. The van der Waals surface area contributed by atoms with Gasteiger partial charge in [0.25, 0.3) is 0 Å². The molecule has 35 heavy (non-hydrogen) atoms. The van der Waals surface area contributed by atoms with Crippen LogP contribution < -0.4 is 10.2 Å². The van der Waals surface area contributed by atoms with Crippen molar-refractivity contribution in [1.29, 1.82) is 0 Å². The van der Waals surface area contributed by atoms with Crippen LogP contribution in [0, 0.1) is 11.8 Å². The van der Waals surface area contributed by atoms with Crippen LogP contribution in [-0.2, 0) is 25.3 Å². The van der Waals surface area contributed by atoms with Crippen LogP contribution in [0.3, 0.4) is 0 Å².